The van der Waals surface area contributed by atoms with Gasteiger partial charge in [0.1, 0.15) is 0 Å². The summed E-state index contributed by atoms with van der Waals surface area (Å²) in [7, 11) is 0. The molecule has 0 unspecified atom stereocenters. The predicted molar refractivity (Wildman–Crippen MR) is 79.5 cm³/mol. The normalized spacial score (nSPS) is 23.4. The second kappa shape index (κ2) is 4.43. The van der Waals surface area contributed by atoms with Crippen LogP contribution in [0.1, 0.15) is 38.6 Å². The third-order valence-corrected chi connectivity index (χ3v) is 4.46. The molecular formula is C17H12ClNO2. The number of amides is 2. The summed E-state index contributed by atoms with van der Waals surface area (Å²) in [5.41, 5.74) is 2.16. The lowest BCUT2D eigenvalue weighted by atomic mass is 10.1. The molecule has 4 heteroatoms. The van der Waals surface area contributed by atoms with Crippen LogP contribution in [0, 0.1) is 0 Å². The van der Waals surface area contributed by atoms with E-state index in [-0.39, 0.29) is 23.8 Å². The monoisotopic (exact) mass is 297 g/mol. The zero-order valence-corrected chi connectivity index (χ0v) is 11.9. The number of benzene rings is 2. The summed E-state index contributed by atoms with van der Waals surface area (Å²) in [5, 5.41) is 0.691. The zero-order valence-electron chi connectivity index (χ0n) is 11.1. The van der Waals surface area contributed by atoms with Crippen LogP contribution in [0.25, 0.3) is 0 Å². The van der Waals surface area contributed by atoms with Crippen LogP contribution < -0.4 is 0 Å². The van der Waals surface area contributed by atoms with Gasteiger partial charge in [-0.15, -0.1) is 0 Å². The first kappa shape index (κ1) is 12.6. The van der Waals surface area contributed by atoms with E-state index in [1.807, 2.05) is 24.3 Å². The first-order chi connectivity index (χ1) is 10.2. The standard InChI is InChI=1S/C17H12ClNO2/c18-11-7-5-10(6-8-11)14-9-15(14)19-16(20)12-3-1-2-4-13(12)17(19)21/h1-8,14-15H,9H2/t14-,15-/m1/s1. The Labute approximate surface area is 127 Å². The summed E-state index contributed by atoms with van der Waals surface area (Å²) in [6, 6.07) is 14.6. The second-order valence-electron chi connectivity index (χ2n) is 5.49. The van der Waals surface area contributed by atoms with Crippen molar-refractivity contribution >= 4 is 23.4 Å². The van der Waals surface area contributed by atoms with Gasteiger partial charge in [0, 0.05) is 17.0 Å². The molecule has 0 spiro atoms. The molecule has 1 aliphatic carbocycles. The van der Waals surface area contributed by atoms with E-state index < -0.39 is 0 Å². The fraction of sp³-hybridized carbons (Fsp3) is 0.176. The van der Waals surface area contributed by atoms with Gasteiger partial charge >= 0.3 is 0 Å². The lowest BCUT2D eigenvalue weighted by molar-refractivity contribution is 0.0639. The predicted octanol–water partition coefficient (Wildman–Crippen LogP) is 3.49. The summed E-state index contributed by atoms with van der Waals surface area (Å²) in [4.78, 5) is 26.2. The Morgan fingerprint density at radius 1 is 0.905 bits per heavy atom. The second-order valence-corrected chi connectivity index (χ2v) is 5.92. The summed E-state index contributed by atoms with van der Waals surface area (Å²) in [5.74, 6) is -0.112. The Morgan fingerprint density at radius 2 is 1.48 bits per heavy atom. The maximum Gasteiger partial charge on any atom is 0.261 e. The maximum atomic E-state index is 12.4. The molecule has 0 aromatic heterocycles. The lowest BCUT2D eigenvalue weighted by Crippen LogP contribution is -2.32. The van der Waals surface area contributed by atoms with Crippen LogP contribution in [0.2, 0.25) is 5.02 Å². The molecule has 1 saturated carbocycles. The molecular weight excluding hydrogens is 286 g/mol. The van der Waals surface area contributed by atoms with Gasteiger partial charge in [0.25, 0.3) is 11.8 Å². The first-order valence-corrected chi connectivity index (χ1v) is 7.27. The Kier molecular flexibility index (Phi) is 2.66. The molecule has 2 aromatic carbocycles. The van der Waals surface area contributed by atoms with E-state index >= 15 is 0 Å². The Hall–Kier alpha value is -2.13. The van der Waals surface area contributed by atoms with E-state index in [2.05, 4.69) is 0 Å². The van der Waals surface area contributed by atoms with Crippen molar-refractivity contribution in [2.45, 2.75) is 18.4 Å². The van der Waals surface area contributed by atoms with Gasteiger partial charge in [-0.3, -0.25) is 14.5 Å². The summed E-state index contributed by atoms with van der Waals surface area (Å²) in [6.45, 7) is 0. The number of fused-ring (bicyclic) bond motifs is 1. The van der Waals surface area contributed by atoms with Crippen molar-refractivity contribution in [3.63, 3.8) is 0 Å². The minimum atomic E-state index is -0.169. The number of imide groups is 1. The minimum absolute atomic E-state index is 0.0291. The highest BCUT2D eigenvalue weighted by Crippen LogP contribution is 2.47. The van der Waals surface area contributed by atoms with Crippen LogP contribution in [0.15, 0.2) is 48.5 Å². The van der Waals surface area contributed by atoms with Crippen LogP contribution in [0.4, 0.5) is 0 Å². The van der Waals surface area contributed by atoms with E-state index in [4.69, 9.17) is 11.6 Å². The van der Waals surface area contributed by atoms with E-state index in [1.165, 1.54) is 4.90 Å². The smallest absolute Gasteiger partial charge is 0.261 e. The van der Waals surface area contributed by atoms with Crippen molar-refractivity contribution in [3.8, 4) is 0 Å². The topological polar surface area (TPSA) is 37.4 Å². The molecule has 4 rings (SSSR count). The highest BCUT2D eigenvalue weighted by Gasteiger charge is 2.51. The Morgan fingerprint density at radius 3 is 2.05 bits per heavy atom. The van der Waals surface area contributed by atoms with Gasteiger partial charge in [-0.2, -0.15) is 0 Å². The summed E-state index contributed by atoms with van der Waals surface area (Å²) < 4.78 is 0. The molecule has 0 bridgehead atoms. The number of carbonyl (C=O) groups is 2. The van der Waals surface area contributed by atoms with Crippen molar-refractivity contribution in [1.29, 1.82) is 0 Å². The number of halogens is 1. The molecule has 2 amide bonds. The minimum Gasteiger partial charge on any atom is -0.271 e. The van der Waals surface area contributed by atoms with Crippen LogP contribution in [0.5, 0.6) is 0 Å². The van der Waals surface area contributed by atoms with Crippen molar-refractivity contribution in [3.05, 3.63) is 70.2 Å². The van der Waals surface area contributed by atoms with Crippen molar-refractivity contribution in [2.24, 2.45) is 0 Å². The molecule has 0 radical (unpaired) electrons. The fourth-order valence-corrected chi connectivity index (χ4v) is 3.17. The largest absolute Gasteiger partial charge is 0.271 e. The SMILES string of the molecule is O=C1c2ccccc2C(=O)N1[C@@H]1C[C@@H]1c1ccc(Cl)cc1. The molecule has 0 N–H and O–H groups in total. The van der Waals surface area contributed by atoms with Gasteiger partial charge < -0.3 is 0 Å². The Bertz CT molecular complexity index is 719. The van der Waals surface area contributed by atoms with Crippen LogP contribution in [-0.4, -0.2) is 22.8 Å². The average molecular weight is 298 g/mol. The first-order valence-electron chi connectivity index (χ1n) is 6.89. The molecule has 1 heterocycles. The third-order valence-electron chi connectivity index (χ3n) is 4.21. The van der Waals surface area contributed by atoms with Gasteiger partial charge in [-0.1, -0.05) is 35.9 Å². The molecule has 2 aliphatic rings. The van der Waals surface area contributed by atoms with Gasteiger partial charge in [0.15, 0.2) is 0 Å². The Balaban J connectivity index is 1.61. The molecule has 1 fully saturated rings. The summed E-state index contributed by atoms with van der Waals surface area (Å²) >= 11 is 5.89. The van der Waals surface area contributed by atoms with E-state index in [0.29, 0.717) is 16.1 Å². The van der Waals surface area contributed by atoms with E-state index in [0.717, 1.165) is 12.0 Å². The third kappa shape index (κ3) is 1.88. The van der Waals surface area contributed by atoms with Crippen LogP contribution in [-0.2, 0) is 0 Å². The summed E-state index contributed by atoms with van der Waals surface area (Å²) in [6.07, 6.45) is 0.826. The maximum absolute atomic E-state index is 12.4. The molecule has 2 aromatic rings. The molecule has 1 aliphatic heterocycles. The van der Waals surface area contributed by atoms with Crippen molar-refractivity contribution in [2.75, 3.05) is 0 Å². The quantitative estimate of drug-likeness (QED) is 0.796. The number of rotatable bonds is 2. The number of hydrogen-bond acceptors (Lipinski definition) is 2. The number of hydrogen-bond donors (Lipinski definition) is 0. The molecule has 21 heavy (non-hydrogen) atoms. The number of carbonyl (C=O) groups excluding carboxylic acids is 2. The van der Waals surface area contributed by atoms with Crippen LogP contribution in [0.3, 0.4) is 0 Å². The average Bonchev–Trinajstić information content (AvgIpc) is 3.23. The number of nitrogens with zero attached hydrogens (tertiary/aromatic N) is 1. The van der Waals surface area contributed by atoms with Gasteiger partial charge in [-0.25, -0.2) is 0 Å². The highest BCUT2D eigenvalue weighted by molar-refractivity contribution is 6.30. The molecule has 0 saturated heterocycles. The van der Waals surface area contributed by atoms with Crippen molar-refractivity contribution < 1.29 is 9.59 Å². The van der Waals surface area contributed by atoms with Crippen LogP contribution >= 0.6 is 11.6 Å². The zero-order chi connectivity index (χ0) is 14.6. The van der Waals surface area contributed by atoms with Gasteiger partial charge in [-0.05, 0) is 36.2 Å². The molecule has 3 nitrogen and oxygen atoms in total. The van der Waals surface area contributed by atoms with Crippen molar-refractivity contribution in [1.82, 2.24) is 4.90 Å². The van der Waals surface area contributed by atoms with E-state index in [1.54, 1.807) is 24.3 Å². The lowest BCUT2D eigenvalue weighted by Gasteiger charge is -2.13. The van der Waals surface area contributed by atoms with E-state index in [9.17, 15) is 9.59 Å². The highest BCUT2D eigenvalue weighted by atomic mass is 35.5. The van der Waals surface area contributed by atoms with Gasteiger partial charge in [0.2, 0.25) is 0 Å². The fourth-order valence-electron chi connectivity index (χ4n) is 3.04. The molecule has 104 valence electrons. The molecule has 2 atom stereocenters. The van der Waals surface area contributed by atoms with Gasteiger partial charge in [0.05, 0.1) is 11.1 Å².